The number of rotatable bonds is 7. The number of nitrogens with zero attached hydrogens (tertiary/aromatic N) is 2. The van der Waals surface area contributed by atoms with E-state index in [0.717, 1.165) is 33.5 Å². The third kappa shape index (κ3) is 3.90. The van der Waals surface area contributed by atoms with Crippen LogP contribution in [0.5, 0.6) is 5.75 Å². The van der Waals surface area contributed by atoms with Crippen molar-refractivity contribution >= 4 is 11.0 Å². The molecule has 0 fully saturated rings. The molecule has 4 nitrogen and oxygen atoms in total. The van der Waals surface area contributed by atoms with Gasteiger partial charge in [-0.2, -0.15) is 0 Å². The quantitative estimate of drug-likeness (QED) is 0.346. The molecule has 33 heavy (non-hydrogen) atoms. The summed E-state index contributed by atoms with van der Waals surface area (Å²) in [7, 11) is 0. The summed E-state index contributed by atoms with van der Waals surface area (Å²) in [6.07, 6.45) is 0. The maximum absolute atomic E-state index is 12.2. The van der Waals surface area contributed by atoms with E-state index < -0.39 is 5.60 Å². The fourth-order valence-electron chi connectivity index (χ4n) is 4.31. The minimum absolute atomic E-state index is 0.497. The molecule has 0 amide bonds. The summed E-state index contributed by atoms with van der Waals surface area (Å²) in [6.45, 7) is 3.23. The van der Waals surface area contributed by atoms with Crippen molar-refractivity contribution in [1.29, 1.82) is 0 Å². The normalized spacial score (nSPS) is 11.6. The molecule has 1 N–H and O–H groups in total. The molecule has 0 saturated carbocycles. The second kappa shape index (κ2) is 8.93. The summed E-state index contributed by atoms with van der Waals surface area (Å²) in [5.41, 5.74) is 3.05. The number of imidazole rings is 1. The monoisotopic (exact) mass is 434 g/mol. The van der Waals surface area contributed by atoms with Crippen LogP contribution in [-0.2, 0) is 18.8 Å². The highest BCUT2D eigenvalue weighted by Gasteiger charge is 2.38. The van der Waals surface area contributed by atoms with E-state index >= 15 is 0 Å². The second-order valence-corrected chi connectivity index (χ2v) is 8.05. The van der Waals surface area contributed by atoms with Gasteiger partial charge in [-0.1, -0.05) is 91.0 Å². The van der Waals surface area contributed by atoms with Gasteiger partial charge in [0.1, 0.15) is 12.4 Å². The van der Waals surface area contributed by atoms with Crippen LogP contribution in [0.3, 0.4) is 0 Å². The van der Waals surface area contributed by atoms with Crippen molar-refractivity contribution in [3.8, 4) is 5.75 Å². The number of benzene rings is 4. The Morgan fingerprint density at radius 3 is 1.94 bits per heavy atom. The van der Waals surface area contributed by atoms with Gasteiger partial charge in [0.2, 0.25) is 0 Å². The fraction of sp³-hybridized carbons (Fsp3) is 0.138. The zero-order chi connectivity index (χ0) is 22.7. The lowest BCUT2D eigenvalue weighted by Gasteiger charge is -2.29. The smallest absolute Gasteiger partial charge is 0.173 e. The van der Waals surface area contributed by atoms with Crippen molar-refractivity contribution in [2.75, 3.05) is 0 Å². The highest BCUT2D eigenvalue weighted by molar-refractivity contribution is 5.78. The number of ether oxygens (including phenoxy) is 1. The number of aliphatic hydroxyl groups is 1. The van der Waals surface area contributed by atoms with Crippen LogP contribution in [0, 0.1) is 0 Å². The highest BCUT2D eigenvalue weighted by atomic mass is 16.5. The van der Waals surface area contributed by atoms with Crippen molar-refractivity contribution < 1.29 is 9.84 Å². The van der Waals surface area contributed by atoms with Crippen molar-refractivity contribution in [2.45, 2.75) is 25.7 Å². The van der Waals surface area contributed by atoms with E-state index in [9.17, 15) is 5.11 Å². The Kier molecular flexibility index (Phi) is 5.68. The molecule has 5 aromatic rings. The first kappa shape index (κ1) is 21.0. The standard InChI is InChI=1S/C29H26N2O2/c1-2-31-27-20-25(33-21-22-12-6-3-7-13-22)18-19-26(27)30-28(31)29(32,23-14-8-4-9-15-23)24-16-10-5-11-17-24/h3-20,32H,2,21H2,1H3. The Labute approximate surface area is 193 Å². The van der Waals surface area contributed by atoms with Crippen molar-refractivity contribution in [1.82, 2.24) is 9.55 Å². The lowest BCUT2D eigenvalue weighted by molar-refractivity contribution is 0.112. The van der Waals surface area contributed by atoms with Crippen LogP contribution in [0.4, 0.5) is 0 Å². The summed E-state index contributed by atoms with van der Waals surface area (Å²) in [4.78, 5) is 4.93. The molecule has 4 heteroatoms. The molecular formula is C29H26N2O2. The molecule has 0 radical (unpaired) electrons. The second-order valence-electron chi connectivity index (χ2n) is 8.05. The third-order valence-corrected chi connectivity index (χ3v) is 5.99. The van der Waals surface area contributed by atoms with Gasteiger partial charge in [-0.25, -0.2) is 4.98 Å². The summed E-state index contributed by atoms with van der Waals surface area (Å²) in [5.74, 6) is 1.37. The molecule has 1 heterocycles. The van der Waals surface area contributed by atoms with E-state index in [1.54, 1.807) is 0 Å². The number of fused-ring (bicyclic) bond motifs is 1. The molecule has 5 rings (SSSR count). The van der Waals surface area contributed by atoms with E-state index in [1.165, 1.54) is 0 Å². The maximum Gasteiger partial charge on any atom is 0.173 e. The number of hydrogen-bond donors (Lipinski definition) is 1. The Bertz CT molecular complexity index is 1310. The molecule has 1 aromatic heterocycles. The van der Waals surface area contributed by atoms with E-state index in [0.29, 0.717) is 19.0 Å². The summed E-state index contributed by atoms with van der Waals surface area (Å²) in [5, 5.41) is 12.2. The van der Waals surface area contributed by atoms with E-state index in [1.807, 2.05) is 109 Å². The van der Waals surface area contributed by atoms with Gasteiger partial charge >= 0.3 is 0 Å². The van der Waals surface area contributed by atoms with Crippen LogP contribution in [0.2, 0.25) is 0 Å². The Balaban J connectivity index is 1.61. The van der Waals surface area contributed by atoms with Crippen LogP contribution < -0.4 is 4.74 Å². The van der Waals surface area contributed by atoms with Crippen LogP contribution in [0.1, 0.15) is 29.4 Å². The average Bonchev–Trinajstić information content (AvgIpc) is 3.27. The van der Waals surface area contributed by atoms with Gasteiger partial charge in [0.05, 0.1) is 11.0 Å². The summed E-state index contributed by atoms with van der Waals surface area (Å²) >= 11 is 0. The molecule has 4 aromatic carbocycles. The first-order valence-corrected chi connectivity index (χ1v) is 11.2. The predicted molar refractivity (Wildman–Crippen MR) is 131 cm³/mol. The average molecular weight is 435 g/mol. The molecule has 0 aliphatic carbocycles. The Morgan fingerprint density at radius 1 is 0.788 bits per heavy atom. The minimum Gasteiger partial charge on any atom is -0.489 e. The zero-order valence-electron chi connectivity index (χ0n) is 18.6. The fourth-order valence-corrected chi connectivity index (χ4v) is 4.31. The van der Waals surface area contributed by atoms with Gasteiger partial charge in [-0.3, -0.25) is 0 Å². The van der Waals surface area contributed by atoms with Crippen LogP contribution in [0.25, 0.3) is 11.0 Å². The topological polar surface area (TPSA) is 47.3 Å². The van der Waals surface area contributed by atoms with Gasteiger partial charge in [-0.05, 0) is 35.7 Å². The summed E-state index contributed by atoms with van der Waals surface area (Å²) < 4.78 is 8.13. The molecule has 0 atom stereocenters. The van der Waals surface area contributed by atoms with Gasteiger partial charge in [0.25, 0.3) is 0 Å². The van der Waals surface area contributed by atoms with Crippen molar-refractivity contribution in [3.63, 3.8) is 0 Å². The zero-order valence-corrected chi connectivity index (χ0v) is 18.6. The van der Waals surface area contributed by atoms with E-state index in [4.69, 9.17) is 9.72 Å². The first-order valence-electron chi connectivity index (χ1n) is 11.2. The minimum atomic E-state index is -1.39. The van der Waals surface area contributed by atoms with Gasteiger partial charge in [0.15, 0.2) is 11.4 Å². The number of hydrogen-bond acceptors (Lipinski definition) is 3. The molecular weight excluding hydrogens is 408 g/mol. The molecule has 0 aliphatic rings. The summed E-state index contributed by atoms with van der Waals surface area (Å²) in [6, 6.07) is 35.5. The van der Waals surface area contributed by atoms with Gasteiger partial charge in [-0.15, -0.1) is 0 Å². The van der Waals surface area contributed by atoms with Crippen molar-refractivity contribution in [2.24, 2.45) is 0 Å². The lowest BCUT2D eigenvalue weighted by atomic mass is 9.85. The Morgan fingerprint density at radius 2 is 1.36 bits per heavy atom. The van der Waals surface area contributed by atoms with Gasteiger partial charge in [0, 0.05) is 12.6 Å². The number of aryl methyl sites for hydroxylation is 1. The molecule has 0 spiro atoms. The van der Waals surface area contributed by atoms with Crippen LogP contribution in [0.15, 0.2) is 109 Å². The first-order chi connectivity index (χ1) is 16.2. The maximum atomic E-state index is 12.2. The van der Waals surface area contributed by atoms with E-state index in [-0.39, 0.29) is 0 Å². The largest absolute Gasteiger partial charge is 0.489 e. The third-order valence-electron chi connectivity index (χ3n) is 5.99. The highest BCUT2D eigenvalue weighted by Crippen LogP contribution is 2.38. The molecule has 0 unspecified atom stereocenters. The van der Waals surface area contributed by atoms with Crippen LogP contribution in [-0.4, -0.2) is 14.7 Å². The van der Waals surface area contributed by atoms with E-state index in [2.05, 4.69) is 11.5 Å². The lowest BCUT2D eigenvalue weighted by Crippen LogP contribution is -2.32. The molecule has 0 aliphatic heterocycles. The SMILES string of the molecule is CCn1c(C(O)(c2ccccc2)c2ccccc2)nc2ccc(OCc3ccccc3)cc21. The molecule has 164 valence electrons. The predicted octanol–water partition coefficient (Wildman–Crippen LogP) is 5.92. The Hall–Kier alpha value is -3.89. The van der Waals surface area contributed by atoms with Gasteiger partial charge < -0.3 is 14.4 Å². The van der Waals surface area contributed by atoms with Crippen LogP contribution >= 0.6 is 0 Å². The molecule has 0 bridgehead atoms. The molecule has 0 saturated heterocycles. The number of aromatic nitrogens is 2. The van der Waals surface area contributed by atoms with Crippen molar-refractivity contribution in [3.05, 3.63) is 132 Å².